The van der Waals surface area contributed by atoms with Gasteiger partial charge in [0.1, 0.15) is 11.3 Å². The number of amides is 1. The van der Waals surface area contributed by atoms with Gasteiger partial charge in [-0.3, -0.25) is 14.8 Å². The first-order valence-corrected chi connectivity index (χ1v) is 6.48. The highest BCUT2D eigenvalue weighted by molar-refractivity contribution is 5.87. The van der Waals surface area contributed by atoms with Crippen LogP contribution in [0.1, 0.15) is 32.9 Å². The van der Waals surface area contributed by atoms with Crippen LogP contribution < -0.4 is 5.32 Å². The van der Waals surface area contributed by atoms with Crippen molar-refractivity contribution in [3.63, 3.8) is 0 Å². The number of esters is 1. The zero-order valence-corrected chi connectivity index (χ0v) is 13.0. The van der Waals surface area contributed by atoms with Crippen LogP contribution in [0.2, 0.25) is 0 Å². The molecule has 1 N–H and O–H groups in total. The van der Waals surface area contributed by atoms with Crippen molar-refractivity contribution >= 4 is 23.8 Å². The van der Waals surface area contributed by atoms with Gasteiger partial charge in [-0.25, -0.2) is 4.79 Å². The first kappa shape index (κ1) is 16.7. The number of aromatic nitrogens is 2. The molecule has 1 amide bonds. The quantitative estimate of drug-likeness (QED) is 0.862. The van der Waals surface area contributed by atoms with Gasteiger partial charge in [0.2, 0.25) is 0 Å². The third-order valence-electron chi connectivity index (χ3n) is 2.28. The van der Waals surface area contributed by atoms with E-state index < -0.39 is 11.7 Å². The molecular weight excluding hydrogens is 274 g/mol. The highest BCUT2D eigenvalue weighted by Gasteiger charge is 2.17. The minimum Gasteiger partial charge on any atom is -0.469 e. The van der Waals surface area contributed by atoms with Crippen molar-refractivity contribution in [3.8, 4) is 0 Å². The van der Waals surface area contributed by atoms with Crippen molar-refractivity contribution in [2.45, 2.75) is 32.8 Å². The molecular formula is C14H21N3O4. The maximum Gasteiger partial charge on any atom is 0.412 e. The summed E-state index contributed by atoms with van der Waals surface area (Å²) in [6.07, 6.45) is 4.50. The number of aryl methyl sites for hydroxylation is 1. The summed E-state index contributed by atoms with van der Waals surface area (Å²) in [5.41, 5.74) is 0.466. The van der Waals surface area contributed by atoms with Crippen molar-refractivity contribution in [2.24, 2.45) is 7.05 Å². The normalized spacial score (nSPS) is 11.5. The van der Waals surface area contributed by atoms with Crippen LogP contribution in [0.4, 0.5) is 10.5 Å². The fourth-order valence-corrected chi connectivity index (χ4v) is 1.49. The van der Waals surface area contributed by atoms with Gasteiger partial charge < -0.3 is 9.47 Å². The number of nitrogens with zero attached hydrogens (tertiary/aromatic N) is 2. The smallest absolute Gasteiger partial charge is 0.412 e. The molecule has 7 nitrogen and oxygen atoms in total. The molecule has 0 unspecified atom stereocenters. The second kappa shape index (κ2) is 6.92. The van der Waals surface area contributed by atoms with Crippen LogP contribution in [0, 0.1) is 0 Å². The first-order valence-electron chi connectivity index (χ1n) is 6.48. The molecule has 0 saturated carbocycles. The van der Waals surface area contributed by atoms with Gasteiger partial charge in [-0.1, -0.05) is 6.08 Å². The van der Waals surface area contributed by atoms with E-state index in [1.807, 2.05) is 0 Å². The molecule has 0 aliphatic rings. The Labute approximate surface area is 123 Å². The molecule has 116 valence electrons. The zero-order valence-electron chi connectivity index (χ0n) is 13.0. The molecule has 1 aromatic heterocycles. The van der Waals surface area contributed by atoms with E-state index in [4.69, 9.17) is 4.74 Å². The van der Waals surface area contributed by atoms with Crippen molar-refractivity contribution < 1.29 is 19.1 Å². The molecule has 0 saturated heterocycles. The number of nitrogens with one attached hydrogen (secondary N) is 1. The standard InChI is InChI=1S/C14H21N3O4/c1-14(2,3)21-13(19)15-11-9-17(4)16-10(11)7-6-8-12(18)20-5/h6-7,9H,8H2,1-5H3,(H,15,19)/b7-6+. The summed E-state index contributed by atoms with van der Waals surface area (Å²) in [4.78, 5) is 22.8. The Bertz CT molecular complexity index is 541. The molecule has 1 heterocycles. The molecule has 0 atom stereocenters. The van der Waals surface area contributed by atoms with Gasteiger partial charge in [0.05, 0.1) is 19.2 Å². The third-order valence-corrected chi connectivity index (χ3v) is 2.28. The number of methoxy groups -OCH3 is 1. The lowest BCUT2D eigenvalue weighted by molar-refractivity contribution is -0.139. The summed E-state index contributed by atoms with van der Waals surface area (Å²) >= 11 is 0. The van der Waals surface area contributed by atoms with Crippen LogP contribution in [0.5, 0.6) is 0 Å². The van der Waals surface area contributed by atoms with Gasteiger partial charge in [0, 0.05) is 13.2 Å². The van der Waals surface area contributed by atoms with Gasteiger partial charge in [0.25, 0.3) is 0 Å². The number of hydrogen-bond donors (Lipinski definition) is 1. The summed E-state index contributed by atoms with van der Waals surface area (Å²) in [5, 5.41) is 6.82. The Hall–Kier alpha value is -2.31. The van der Waals surface area contributed by atoms with E-state index >= 15 is 0 Å². The summed E-state index contributed by atoms with van der Waals surface area (Å²) in [6.45, 7) is 5.35. The average molecular weight is 295 g/mol. The number of anilines is 1. The number of carbonyl (C=O) groups is 2. The lowest BCUT2D eigenvalue weighted by Gasteiger charge is -2.19. The van der Waals surface area contributed by atoms with Crippen LogP contribution in [0.25, 0.3) is 6.08 Å². The maximum atomic E-state index is 11.7. The van der Waals surface area contributed by atoms with Crippen molar-refractivity contribution in [2.75, 3.05) is 12.4 Å². The molecule has 1 rings (SSSR count). The Kier molecular flexibility index (Phi) is 5.52. The topological polar surface area (TPSA) is 82.5 Å². The average Bonchev–Trinajstić information content (AvgIpc) is 2.66. The second-order valence-electron chi connectivity index (χ2n) is 5.41. The third kappa shape index (κ3) is 6.11. The number of hydrogen-bond acceptors (Lipinski definition) is 5. The summed E-state index contributed by atoms with van der Waals surface area (Å²) in [6, 6.07) is 0. The van der Waals surface area contributed by atoms with Crippen molar-refractivity contribution in [3.05, 3.63) is 18.0 Å². The van der Waals surface area contributed by atoms with Crippen molar-refractivity contribution in [1.29, 1.82) is 0 Å². The maximum absolute atomic E-state index is 11.7. The van der Waals surface area contributed by atoms with Crippen LogP contribution in [0.3, 0.4) is 0 Å². The molecule has 21 heavy (non-hydrogen) atoms. The van der Waals surface area contributed by atoms with Gasteiger partial charge in [-0.15, -0.1) is 0 Å². The fraction of sp³-hybridized carbons (Fsp3) is 0.500. The zero-order chi connectivity index (χ0) is 16.0. The number of carbonyl (C=O) groups excluding carboxylic acids is 2. The second-order valence-corrected chi connectivity index (χ2v) is 5.41. The lowest BCUT2D eigenvalue weighted by Crippen LogP contribution is -2.27. The van der Waals surface area contributed by atoms with Crippen LogP contribution in [-0.4, -0.2) is 34.6 Å². The Morgan fingerprint density at radius 3 is 2.67 bits per heavy atom. The number of rotatable bonds is 4. The van der Waals surface area contributed by atoms with E-state index in [1.54, 1.807) is 50.8 Å². The summed E-state index contributed by atoms with van der Waals surface area (Å²) in [5.74, 6) is -0.344. The largest absolute Gasteiger partial charge is 0.469 e. The van der Waals surface area contributed by atoms with Gasteiger partial charge in [-0.2, -0.15) is 5.10 Å². The fourth-order valence-electron chi connectivity index (χ4n) is 1.49. The van der Waals surface area contributed by atoms with E-state index in [1.165, 1.54) is 7.11 Å². The molecule has 7 heteroatoms. The van der Waals surface area contributed by atoms with Gasteiger partial charge in [0.15, 0.2) is 0 Å². The molecule has 0 bridgehead atoms. The van der Waals surface area contributed by atoms with E-state index in [2.05, 4.69) is 15.2 Å². The first-order chi connectivity index (χ1) is 9.71. The molecule has 0 aliphatic heterocycles. The van der Waals surface area contributed by atoms with E-state index in [9.17, 15) is 9.59 Å². The molecule has 0 radical (unpaired) electrons. The Morgan fingerprint density at radius 2 is 2.10 bits per heavy atom. The monoisotopic (exact) mass is 295 g/mol. The molecule has 0 spiro atoms. The predicted molar refractivity (Wildman–Crippen MR) is 78.7 cm³/mol. The van der Waals surface area contributed by atoms with E-state index in [-0.39, 0.29) is 12.4 Å². The van der Waals surface area contributed by atoms with Gasteiger partial charge >= 0.3 is 12.1 Å². The SMILES string of the molecule is COC(=O)C/C=C/c1nn(C)cc1NC(=O)OC(C)(C)C. The van der Waals surface area contributed by atoms with Crippen LogP contribution in [0.15, 0.2) is 12.3 Å². The van der Waals surface area contributed by atoms with Crippen LogP contribution in [-0.2, 0) is 21.3 Å². The molecule has 0 aliphatic carbocycles. The highest BCUT2D eigenvalue weighted by atomic mass is 16.6. The molecule has 0 fully saturated rings. The predicted octanol–water partition coefficient (Wildman–Crippen LogP) is 2.34. The Balaban J connectivity index is 2.75. The van der Waals surface area contributed by atoms with E-state index in [0.717, 1.165) is 0 Å². The Morgan fingerprint density at radius 1 is 1.43 bits per heavy atom. The van der Waals surface area contributed by atoms with Crippen LogP contribution >= 0.6 is 0 Å². The minimum absolute atomic E-state index is 0.138. The summed E-state index contributed by atoms with van der Waals surface area (Å²) < 4.78 is 11.3. The highest BCUT2D eigenvalue weighted by Crippen LogP contribution is 2.17. The van der Waals surface area contributed by atoms with E-state index in [0.29, 0.717) is 11.4 Å². The van der Waals surface area contributed by atoms with Gasteiger partial charge in [-0.05, 0) is 26.8 Å². The minimum atomic E-state index is -0.576. The van der Waals surface area contributed by atoms with Crippen molar-refractivity contribution in [1.82, 2.24) is 9.78 Å². The lowest BCUT2D eigenvalue weighted by atomic mass is 10.2. The summed E-state index contributed by atoms with van der Waals surface area (Å²) in [7, 11) is 3.06. The molecule has 1 aromatic rings. The number of ether oxygens (including phenoxy) is 2. The molecule has 0 aromatic carbocycles.